The fourth-order valence-electron chi connectivity index (χ4n) is 5.48. The number of likely N-dealkylation sites (tertiary alicyclic amines) is 1. The lowest BCUT2D eigenvalue weighted by molar-refractivity contribution is -0.138. The van der Waals surface area contributed by atoms with Gasteiger partial charge in [0.05, 0.1) is 16.8 Å². The number of para-hydroxylation sites is 1. The number of amides is 2. The number of hydrogen-bond donors (Lipinski definition) is 3. The van der Waals surface area contributed by atoms with E-state index in [0.29, 0.717) is 30.8 Å². The van der Waals surface area contributed by atoms with Crippen molar-refractivity contribution < 1.29 is 14.7 Å². The number of benzene rings is 3. The number of nitrogens with one attached hydrogen (secondary N) is 2. The number of carboxylic acids is 1. The lowest BCUT2D eigenvalue weighted by Gasteiger charge is -2.32. The second kappa shape index (κ2) is 14.2. The Labute approximate surface area is 245 Å². The van der Waals surface area contributed by atoms with Crippen molar-refractivity contribution in [3.8, 4) is 0 Å². The minimum atomic E-state index is -0.782. The van der Waals surface area contributed by atoms with E-state index in [1.165, 1.54) is 22.5 Å². The topological polar surface area (TPSA) is 97.8 Å². The normalized spacial score (nSPS) is 14.4. The van der Waals surface area contributed by atoms with Crippen LogP contribution >= 0.6 is 11.3 Å². The monoisotopic (exact) mass is 571 g/mol. The zero-order valence-corrected chi connectivity index (χ0v) is 23.9. The van der Waals surface area contributed by atoms with Crippen LogP contribution in [0, 0.1) is 0 Å². The molecule has 1 saturated heterocycles. The van der Waals surface area contributed by atoms with Crippen LogP contribution in [0.3, 0.4) is 0 Å². The molecule has 1 aromatic heterocycles. The molecule has 9 heteroatoms. The maximum atomic E-state index is 13.6. The first-order valence-corrected chi connectivity index (χ1v) is 15.1. The van der Waals surface area contributed by atoms with Crippen molar-refractivity contribution in [2.75, 3.05) is 44.6 Å². The third kappa shape index (κ3) is 8.13. The maximum Gasteiger partial charge on any atom is 0.323 e. The molecule has 214 valence electrons. The number of urea groups is 1. The number of thiazole rings is 1. The second-order valence-electron chi connectivity index (χ2n) is 10.5. The molecule has 5 rings (SSSR count). The van der Waals surface area contributed by atoms with E-state index in [-0.39, 0.29) is 18.5 Å². The number of fused-ring (bicyclic) bond motifs is 1. The predicted octanol–water partition coefficient (Wildman–Crippen LogP) is 5.49. The van der Waals surface area contributed by atoms with Gasteiger partial charge in [0.15, 0.2) is 5.13 Å². The number of piperidine rings is 1. The van der Waals surface area contributed by atoms with Gasteiger partial charge in [-0.05, 0) is 42.5 Å². The summed E-state index contributed by atoms with van der Waals surface area (Å²) in [4.78, 5) is 33.1. The van der Waals surface area contributed by atoms with Gasteiger partial charge in [-0.2, -0.15) is 0 Å². The molecule has 0 unspecified atom stereocenters. The van der Waals surface area contributed by atoms with Gasteiger partial charge in [-0.1, -0.05) is 84.1 Å². The van der Waals surface area contributed by atoms with Crippen LogP contribution in [0.15, 0.2) is 84.9 Å². The Morgan fingerprint density at radius 2 is 1.56 bits per heavy atom. The third-order valence-corrected chi connectivity index (χ3v) is 8.60. The Morgan fingerprint density at radius 1 is 0.927 bits per heavy atom. The molecule has 2 amide bonds. The van der Waals surface area contributed by atoms with Gasteiger partial charge in [-0.3, -0.25) is 15.0 Å². The van der Waals surface area contributed by atoms with Gasteiger partial charge in [-0.15, -0.1) is 0 Å². The Hall–Kier alpha value is -3.79. The highest BCUT2D eigenvalue weighted by molar-refractivity contribution is 7.22. The van der Waals surface area contributed by atoms with Crippen LogP contribution < -0.4 is 10.6 Å². The molecule has 1 aliphatic rings. The summed E-state index contributed by atoms with van der Waals surface area (Å²) in [5.41, 5.74) is 3.34. The van der Waals surface area contributed by atoms with Crippen LogP contribution in [0.25, 0.3) is 10.2 Å². The summed E-state index contributed by atoms with van der Waals surface area (Å²) in [5, 5.41) is 16.3. The molecule has 1 aliphatic heterocycles. The van der Waals surface area contributed by atoms with Crippen molar-refractivity contribution in [3.63, 3.8) is 0 Å². The van der Waals surface area contributed by atoms with Crippen molar-refractivity contribution in [2.24, 2.45) is 0 Å². The maximum absolute atomic E-state index is 13.6. The highest BCUT2D eigenvalue weighted by Crippen LogP contribution is 2.29. The first-order valence-electron chi connectivity index (χ1n) is 14.2. The largest absolute Gasteiger partial charge is 0.480 e. The van der Waals surface area contributed by atoms with Gasteiger partial charge in [0.25, 0.3) is 0 Å². The Morgan fingerprint density at radius 3 is 2.20 bits per heavy atom. The average Bonchev–Trinajstić information content (AvgIpc) is 3.40. The van der Waals surface area contributed by atoms with Crippen LogP contribution in [-0.4, -0.2) is 77.2 Å². The number of rotatable bonds is 12. The number of carbonyl (C=O) groups excluding carboxylic acids is 1. The summed E-state index contributed by atoms with van der Waals surface area (Å²) in [6, 6.07) is 29.0. The van der Waals surface area contributed by atoms with E-state index in [0.717, 1.165) is 42.6 Å². The van der Waals surface area contributed by atoms with Crippen LogP contribution in [0.2, 0.25) is 0 Å². The summed E-state index contributed by atoms with van der Waals surface area (Å²) in [6.45, 7) is 3.43. The Kier molecular flexibility index (Phi) is 9.96. The van der Waals surface area contributed by atoms with Gasteiger partial charge >= 0.3 is 12.0 Å². The van der Waals surface area contributed by atoms with Crippen LogP contribution in [0.1, 0.15) is 36.3 Å². The molecule has 3 N–H and O–H groups in total. The number of aliphatic carboxylic acids is 1. The molecule has 1 fully saturated rings. The molecular weight excluding hydrogens is 534 g/mol. The molecule has 0 atom stereocenters. The van der Waals surface area contributed by atoms with Crippen molar-refractivity contribution in [3.05, 3.63) is 96.1 Å². The number of aromatic nitrogens is 1. The Balaban J connectivity index is 1.25. The molecule has 0 saturated carbocycles. The second-order valence-corrected chi connectivity index (χ2v) is 11.5. The zero-order chi connectivity index (χ0) is 28.4. The van der Waals surface area contributed by atoms with Crippen molar-refractivity contribution in [2.45, 2.75) is 31.2 Å². The third-order valence-electron chi connectivity index (χ3n) is 7.65. The van der Waals surface area contributed by atoms with Gasteiger partial charge in [0.2, 0.25) is 0 Å². The van der Waals surface area contributed by atoms with E-state index in [1.54, 1.807) is 0 Å². The molecule has 0 spiro atoms. The number of carbonyl (C=O) groups is 2. The van der Waals surface area contributed by atoms with E-state index in [1.807, 2.05) is 46.2 Å². The average molecular weight is 572 g/mol. The lowest BCUT2D eigenvalue weighted by atomic mass is 9.88. The van der Waals surface area contributed by atoms with E-state index in [2.05, 4.69) is 64.1 Å². The van der Waals surface area contributed by atoms with E-state index in [9.17, 15) is 9.59 Å². The fourth-order valence-corrected chi connectivity index (χ4v) is 6.34. The summed E-state index contributed by atoms with van der Waals surface area (Å²) in [6.07, 6.45) is 2.58. The predicted molar refractivity (Wildman–Crippen MR) is 165 cm³/mol. The molecule has 41 heavy (non-hydrogen) atoms. The minimum Gasteiger partial charge on any atom is -0.480 e. The highest BCUT2D eigenvalue weighted by Gasteiger charge is 2.23. The smallest absolute Gasteiger partial charge is 0.323 e. The summed E-state index contributed by atoms with van der Waals surface area (Å²) in [5.74, 6) is -0.614. The number of anilines is 1. The molecule has 3 aromatic carbocycles. The first-order chi connectivity index (χ1) is 20.0. The molecular formula is C32H37N5O3S. The van der Waals surface area contributed by atoms with Crippen molar-refractivity contribution >= 4 is 38.7 Å². The lowest BCUT2D eigenvalue weighted by Crippen LogP contribution is -2.47. The SMILES string of the molecule is O=C(O)CN1CCC(NCCN(CCC(c2ccccc2)c2ccccc2)C(=O)Nc2nc3ccccc3s2)CC1. The van der Waals surface area contributed by atoms with Crippen LogP contribution in [0.5, 0.6) is 0 Å². The standard InChI is InChI=1S/C32H37N5O3S/c38-30(39)23-36-19-15-26(16-20-36)33-18-22-37(32(40)35-31-34-28-13-7-8-14-29(28)41-31)21-17-27(24-9-3-1-4-10-24)25-11-5-2-6-12-25/h1-14,26-27,33H,15-23H2,(H,38,39)(H,34,35,40). The molecule has 0 radical (unpaired) electrons. The minimum absolute atomic E-state index is 0.0937. The molecule has 4 aromatic rings. The summed E-state index contributed by atoms with van der Waals surface area (Å²) < 4.78 is 1.04. The summed E-state index contributed by atoms with van der Waals surface area (Å²) in [7, 11) is 0. The Bertz CT molecular complexity index is 1330. The zero-order valence-electron chi connectivity index (χ0n) is 23.1. The van der Waals surface area contributed by atoms with Crippen LogP contribution in [0.4, 0.5) is 9.93 Å². The molecule has 8 nitrogen and oxygen atoms in total. The number of nitrogens with zero attached hydrogens (tertiary/aromatic N) is 3. The van der Waals surface area contributed by atoms with Gasteiger partial charge in [-0.25, -0.2) is 9.78 Å². The van der Waals surface area contributed by atoms with E-state index >= 15 is 0 Å². The summed E-state index contributed by atoms with van der Waals surface area (Å²) >= 11 is 1.48. The van der Waals surface area contributed by atoms with E-state index < -0.39 is 5.97 Å². The fraction of sp³-hybridized carbons (Fsp3) is 0.344. The quantitative estimate of drug-likeness (QED) is 0.208. The molecule has 2 heterocycles. The number of carboxylic acid groups (broad SMARTS) is 1. The van der Waals surface area contributed by atoms with Gasteiger partial charge in [0.1, 0.15) is 0 Å². The van der Waals surface area contributed by atoms with E-state index in [4.69, 9.17) is 5.11 Å². The number of hydrogen-bond acceptors (Lipinski definition) is 6. The van der Waals surface area contributed by atoms with Crippen LogP contribution in [-0.2, 0) is 4.79 Å². The molecule has 0 aliphatic carbocycles. The van der Waals surface area contributed by atoms with Gasteiger partial charge in [0, 0.05) is 44.7 Å². The molecule has 0 bridgehead atoms. The van der Waals surface area contributed by atoms with Crippen molar-refractivity contribution in [1.82, 2.24) is 20.1 Å². The van der Waals surface area contributed by atoms with Gasteiger partial charge < -0.3 is 15.3 Å². The highest BCUT2D eigenvalue weighted by atomic mass is 32.1. The first kappa shape index (κ1) is 28.7. The van der Waals surface area contributed by atoms with Crippen molar-refractivity contribution in [1.29, 1.82) is 0 Å².